The van der Waals surface area contributed by atoms with Crippen LogP contribution >= 0.6 is 24.0 Å². The maximum Gasteiger partial charge on any atom is 0.161 e. The number of alkyl halides is 1. The molecule has 0 aliphatic carbocycles. The zero-order chi connectivity index (χ0) is 15.1. The number of halogens is 2. The Morgan fingerprint density at radius 3 is 2.05 bits per heavy atom. The molecule has 1 N–H and O–H groups in total. The van der Waals surface area contributed by atoms with Gasteiger partial charge in [0.2, 0.25) is 0 Å². The second kappa shape index (κ2) is 9.57. The second-order valence-electron chi connectivity index (χ2n) is 4.70. The normalized spacial score (nSPS) is 9.95. The van der Waals surface area contributed by atoms with Crippen LogP contribution in [-0.4, -0.2) is 14.2 Å². The largest absolute Gasteiger partial charge is 0.493 e. The number of benzene rings is 2. The molecule has 0 unspecified atom stereocenters. The third-order valence-corrected chi connectivity index (χ3v) is 3.63. The first-order valence-electron chi connectivity index (χ1n) is 6.83. The molecule has 2 aromatic rings. The van der Waals surface area contributed by atoms with Gasteiger partial charge >= 0.3 is 0 Å². The highest BCUT2D eigenvalue weighted by Crippen LogP contribution is 2.31. The minimum Gasteiger partial charge on any atom is -0.493 e. The molecule has 0 spiro atoms. The van der Waals surface area contributed by atoms with Crippen LogP contribution in [0.15, 0.2) is 42.5 Å². The van der Waals surface area contributed by atoms with E-state index < -0.39 is 0 Å². The van der Waals surface area contributed by atoms with Crippen LogP contribution < -0.4 is 14.8 Å². The Bertz CT molecular complexity index is 576. The third kappa shape index (κ3) is 4.80. The Labute approximate surface area is 143 Å². The molecule has 0 fully saturated rings. The van der Waals surface area contributed by atoms with Crippen molar-refractivity contribution in [1.82, 2.24) is 5.32 Å². The number of methoxy groups -OCH3 is 2. The predicted molar refractivity (Wildman–Crippen MR) is 93.3 cm³/mol. The summed E-state index contributed by atoms with van der Waals surface area (Å²) in [6, 6.07) is 14.2. The first kappa shape index (κ1) is 18.6. The van der Waals surface area contributed by atoms with E-state index in [2.05, 4.69) is 17.4 Å². The molecule has 2 aromatic carbocycles. The zero-order valence-corrected chi connectivity index (χ0v) is 14.3. The Kier molecular flexibility index (Phi) is 8.10. The topological polar surface area (TPSA) is 30.5 Å². The molecule has 2 rings (SSSR count). The molecule has 0 aliphatic heterocycles. The monoisotopic (exact) mass is 341 g/mol. The number of ether oxygens (including phenoxy) is 2. The lowest BCUT2D eigenvalue weighted by Crippen LogP contribution is -2.14. The van der Waals surface area contributed by atoms with Crippen molar-refractivity contribution in [2.45, 2.75) is 19.0 Å². The van der Waals surface area contributed by atoms with Crippen LogP contribution in [0.4, 0.5) is 0 Å². The first-order chi connectivity index (χ1) is 10.3. The molecule has 0 heterocycles. The van der Waals surface area contributed by atoms with Crippen molar-refractivity contribution in [2.75, 3.05) is 14.2 Å². The van der Waals surface area contributed by atoms with Gasteiger partial charge in [-0.1, -0.05) is 30.3 Å². The van der Waals surface area contributed by atoms with E-state index in [1.54, 1.807) is 14.2 Å². The van der Waals surface area contributed by atoms with E-state index >= 15 is 0 Å². The van der Waals surface area contributed by atoms with E-state index in [1.165, 1.54) is 5.56 Å². The number of rotatable bonds is 7. The van der Waals surface area contributed by atoms with Gasteiger partial charge in [-0.05, 0) is 28.8 Å². The summed E-state index contributed by atoms with van der Waals surface area (Å²) in [4.78, 5) is 0. The van der Waals surface area contributed by atoms with Crippen LogP contribution in [0, 0.1) is 0 Å². The molecule has 22 heavy (non-hydrogen) atoms. The number of hydrogen-bond acceptors (Lipinski definition) is 3. The van der Waals surface area contributed by atoms with Gasteiger partial charge in [-0.2, -0.15) is 0 Å². The summed E-state index contributed by atoms with van der Waals surface area (Å²) < 4.78 is 10.6. The Morgan fingerprint density at radius 2 is 1.50 bits per heavy atom. The first-order valence-corrected chi connectivity index (χ1v) is 7.36. The summed E-state index contributed by atoms with van der Waals surface area (Å²) in [5.74, 6) is 1.88. The van der Waals surface area contributed by atoms with Crippen LogP contribution in [0.25, 0.3) is 0 Å². The summed E-state index contributed by atoms with van der Waals surface area (Å²) >= 11 is 6.03. The molecule has 0 amide bonds. The molecule has 0 radical (unpaired) electrons. The summed E-state index contributed by atoms with van der Waals surface area (Å²) in [5, 5.41) is 3.43. The lowest BCUT2D eigenvalue weighted by atomic mass is 10.1. The fraction of sp³-hybridized carbons (Fsp3) is 0.294. The van der Waals surface area contributed by atoms with Crippen LogP contribution in [-0.2, 0) is 19.0 Å². The van der Waals surface area contributed by atoms with Crippen molar-refractivity contribution in [2.24, 2.45) is 0 Å². The quantitative estimate of drug-likeness (QED) is 0.767. The Morgan fingerprint density at radius 1 is 0.909 bits per heavy atom. The molecular formula is C17H21Cl2NO2. The Balaban J connectivity index is 0.00000242. The van der Waals surface area contributed by atoms with E-state index in [0.29, 0.717) is 11.6 Å². The van der Waals surface area contributed by atoms with Gasteiger partial charge in [0, 0.05) is 19.0 Å². The van der Waals surface area contributed by atoms with Gasteiger partial charge in [-0.3, -0.25) is 0 Å². The summed E-state index contributed by atoms with van der Waals surface area (Å²) in [5.41, 5.74) is 3.43. The number of hydrogen-bond donors (Lipinski definition) is 1. The highest BCUT2D eigenvalue weighted by molar-refractivity contribution is 6.17. The van der Waals surface area contributed by atoms with Crippen LogP contribution in [0.3, 0.4) is 0 Å². The van der Waals surface area contributed by atoms with E-state index in [4.69, 9.17) is 21.1 Å². The van der Waals surface area contributed by atoms with Crippen molar-refractivity contribution in [1.29, 1.82) is 0 Å². The van der Waals surface area contributed by atoms with Gasteiger partial charge in [0.15, 0.2) is 11.5 Å². The number of nitrogens with one attached hydrogen (secondary N) is 1. The smallest absolute Gasteiger partial charge is 0.161 e. The average Bonchev–Trinajstić information content (AvgIpc) is 2.55. The maximum atomic E-state index is 6.03. The van der Waals surface area contributed by atoms with E-state index in [1.807, 2.05) is 30.3 Å². The summed E-state index contributed by atoms with van der Waals surface area (Å²) in [6.45, 7) is 1.55. The van der Waals surface area contributed by atoms with Crippen molar-refractivity contribution in [3.05, 3.63) is 59.2 Å². The molecular weight excluding hydrogens is 321 g/mol. The standard InChI is InChI=1S/C17H20ClNO2.ClH/c1-20-16-8-14(10-18)15(9-17(16)21-2)12-19-11-13-6-4-3-5-7-13;/h3-9,19H,10-12H2,1-2H3;1H. The van der Waals surface area contributed by atoms with Crippen LogP contribution in [0.5, 0.6) is 11.5 Å². The van der Waals surface area contributed by atoms with Crippen molar-refractivity contribution in [3.63, 3.8) is 0 Å². The maximum absolute atomic E-state index is 6.03. The Hall–Kier alpha value is -1.42. The average molecular weight is 342 g/mol. The van der Waals surface area contributed by atoms with Gasteiger partial charge in [-0.15, -0.1) is 24.0 Å². The van der Waals surface area contributed by atoms with Crippen LogP contribution in [0.2, 0.25) is 0 Å². The summed E-state index contributed by atoms with van der Waals surface area (Å²) in [7, 11) is 3.27. The van der Waals surface area contributed by atoms with Crippen molar-refractivity contribution < 1.29 is 9.47 Å². The highest BCUT2D eigenvalue weighted by Gasteiger charge is 2.10. The minimum absolute atomic E-state index is 0. The molecule has 5 heteroatoms. The van der Waals surface area contributed by atoms with Gasteiger partial charge in [0.05, 0.1) is 14.2 Å². The fourth-order valence-electron chi connectivity index (χ4n) is 2.19. The van der Waals surface area contributed by atoms with Crippen molar-refractivity contribution in [3.8, 4) is 11.5 Å². The fourth-order valence-corrected chi connectivity index (χ4v) is 2.44. The van der Waals surface area contributed by atoms with Gasteiger partial charge in [-0.25, -0.2) is 0 Å². The van der Waals surface area contributed by atoms with Gasteiger partial charge in [0.25, 0.3) is 0 Å². The predicted octanol–water partition coefficient (Wildman–Crippen LogP) is 4.15. The lowest BCUT2D eigenvalue weighted by Gasteiger charge is -2.14. The zero-order valence-electron chi connectivity index (χ0n) is 12.8. The minimum atomic E-state index is 0. The third-order valence-electron chi connectivity index (χ3n) is 3.34. The van der Waals surface area contributed by atoms with Gasteiger partial charge < -0.3 is 14.8 Å². The molecule has 0 saturated heterocycles. The molecule has 0 aliphatic rings. The van der Waals surface area contributed by atoms with Crippen LogP contribution in [0.1, 0.15) is 16.7 Å². The van der Waals surface area contributed by atoms with Crippen molar-refractivity contribution >= 4 is 24.0 Å². The second-order valence-corrected chi connectivity index (χ2v) is 4.97. The SMILES string of the molecule is COc1cc(CCl)c(CNCc2ccccc2)cc1OC.Cl. The van der Waals surface area contributed by atoms with E-state index in [9.17, 15) is 0 Å². The molecule has 3 nitrogen and oxygen atoms in total. The molecule has 0 saturated carbocycles. The molecule has 0 atom stereocenters. The molecule has 0 bridgehead atoms. The highest BCUT2D eigenvalue weighted by atomic mass is 35.5. The summed E-state index contributed by atoms with van der Waals surface area (Å²) in [6.07, 6.45) is 0. The lowest BCUT2D eigenvalue weighted by molar-refractivity contribution is 0.354. The van der Waals surface area contributed by atoms with Gasteiger partial charge in [0.1, 0.15) is 0 Å². The van der Waals surface area contributed by atoms with E-state index in [0.717, 1.165) is 30.0 Å². The molecule has 120 valence electrons. The van der Waals surface area contributed by atoms with E-state index in [-0.39, 0.29) is 12.4 Å². The molecule has 0 aromatic heterocycles.